The molecule has 0 spiro atoms. The molecule has 1 aliphatic rings. The first kappa shape index (κ1) is 26.8. The number of pyridine rings is 1. The highest BCUT2D eigenvalue weighted by Crippen LogP contribution is 2.25. The fraction of sp³-hybridized carbons (Fsp3) is 0.400. The Hall–Kier alpha value is -3.26. The summed E-state index contributed by atoms with van der Waals surface area (Å²) in [7, 11) is 0. The number of fused-ring (bicyclic) bond motifs is 3. The van der Waals surface area contributed by atoms with Crippen molar-refractivity contribution in [2.75, 3.05) is 39.5 Å². The van der Waals surface area contributed by atoms with Crippen LogP contribution in [0.4, 0.5) is 0 Å². The van der Waals surface area contributed by atoms with Gasteiger partial charge in [-0.1, -0.05) is 30.3 Å². The molecule has 2 bridgehead atoms. The quantitative estimate of drug-likeness (QED) is 0.453. The lowest BCUT2D eigenvalue weighted by Gasteiger charge is -2.23. The first-order valence-corrected chi connectivity index (χ1v) is 13.1. The monoisotopic (exact) mass is 503 g/mol. The van der Waals surface area contributed by atoms with Crippen LogP contribution in [0.15, 0.2) is 66.9 Å². The van der Waals surface area contributed by atoms with Crippen LogP contribution in [0.25, 0.3) is 0 Å². The van der Waals surface area contributed by atoms with Gasteiger partial charge in [0, 0.05) is 51.0 Å². The third kappa shape index (κ3) is 8.67. The van der Waals surface area contributed by atoms with Gasteiger partial charge in [0.05, 0.1) is 18.9 Å². The maximum atomic E-state index is 12.8. The van der Waals surface area contributed by atoms with Crippen molar-refractivity contribution in [2.45, 2.75) is 38.8 Å². The summed E-state index contributed by atoms with van der Waals surface area (Å²) in [5.74, 6) is 0.691. The number of benzene rings is 2. The van der Waals surface area contributed by atoms with Gasteiger partial charge in [-0.3, -0.25) is 14.7 Å². The van der Waals surface area contributed by atoms with Gasteiger partial charge < -0.3 is 19.9 Å². The Labute approximate surface area is 219 Å². The second-order valence-electron chi connectivity index (χ2n) is 9.35. The smallest absolute Gasteiger partial charge is 0.251 e. The predicted molar refractivity (Wildman–Crippen MR) is 144 cm³/mol. The van der Waals surface area contributed by atoms with Gasteiger partial charge in [-0.15, -0.1) is 0 Å². The molecule has 0 aliphatic carbocycles. The molecule has 2 N–H and O–H groups in total. The van der Waals surface area contributed by atoms with E-state index in [4.69, 9.17) is 14.6 Å². The van der Waals surface area contributed by atoms with Gasteiger partial charge in [-0.05, 0) is 66.3 Å². The summed E-state index contributed by atoms with van der Waals surface area (Å²) in [5.41, 5.74) is 5.04. The number of aliphatic hydroxyl groups excluding tert-OH is 1. The lowest BCUT2D eigenvalue weighted by molar-refractivity contribution is 0.0754. The number of ether oxygens (including phenoxy) is 2. The zero-order valence-electron chi connectivity index (χ0n) is 21.4. The van der Waals surface area contributed by atoms with Crippen LogP contribution in [0.3, 0.4) is 0 Å². The van der Waals surface area contributed by atoms with Crippen LogP contribution in [0, 0.1) is 0 Å². The largest absolute Gasteiger partial charge is 0.491 e. The van der Waals surface area contributed by atoms with Crippen molar-refractivity contribution in [1.82, 2.24) is 15.2 Å². The van der Waals surface area contributed by atoms with Gasteiger partial charge >= 0.3 is 0 Å². The highest BCUT2D eigenvalue weighted by molar-refractivity contribution is 5.94. The van der Waals surface area contributed by atoms with Crippen LogP contribution in [0.1, 0.15) is 52.0 Å². The van der Waals surface area contributed by atoms with E-state index < -0.39 is 0 Å². The number of amides is 1. The highest BCUT2D eigenvalue weighted by Gasteiger charge is 2.14. The Morgan fingerprint density at radius 3 is 2.76 bits per heavy atom. The standard InChI is InChI=1S/C30H37N3O4/c34-15-5-1-3-13-32-30(35)26-10-11-29-27(21-26)20-24-7-6-8-25(19-24)22-33(14-16-36-17-18-37-29)23-28-9-2-4-12-31-28/h2,4,6-12,19,21,34H,1,3,5,13-18,20,22-23H2,(H,32,35). The average Bonchev–Trinajstić information content (AvgIpc) is 2.91. The molecule has 1 amide bonds. The van der Waals surface area contributed by atoms with E-state index in [0.717, 1.165) is 55.9 Å². The lowest BCUT2D eigenvalue weighted by Crippen LogP contribution is -2.28. The van der Waals surface area contributed by atoms with E-state index in [0.29, 0.717) is 38.3 Å². The van der Waals surface area contributed by atoms with Crippen molar-refractivity contribution >= 4 is 5.91 Å². The maximum absolute atomic E-state index is 12.8. The Balaban J connectivity index is 1.50. The Bertz CT molecular complexity index is 1120. The second kappa shape index (κ2) is 14.5. The van der Waals surface area contributed by atoms with Gasteiger partial charge in [0.1, 0.15) is 12.4 Å². The molecule has 7 nitrogen and oxygen atoms in total. The molecule has 196 valence electrons. The fourth-order valence-corrected chi connectivity index (χ4v) is 4.47. The molecule has 37 heavy (non-hydrogen) atoms. The second-order valence-corrected chi connectivity index (χ2v) is 9.35. The van der Waals surface area contributed by atoms with Crippen LogP contribution in [-0.4, -0.2) is 60.4 Å². The van der Waals surface area contributed by atoms with Crippen molar-refractivity contribution in [1.29, 1.82) is 0 Å². The van der Waals surface area contributed by atoms with Crippen LogP contribution in [0.2, 0.25) is 0 Å². The summed E-state index contributed by atoms with van der Waals surface area (Å²) in [4.78, 5) is 19.6. The third-order valence-corrected chi connectivity index (χ3v) is 6.38. The van der Waals surface area contributed by atoms with E-state index in [1.807, 2.05) is 36.5 Å². The minimum atomic E-state index is -0.0894. The number of rotatable bonds is 8. The minimum Gasteiger partial charge on any atom is -0.491 e. The molecule has 4 rings (SSSR count). The van der Waals surface area contributed by atoms with Crippen molar-refractivity contribution in [3.63, 3.8) is 0 Å². The number of aliphatic hydroxyl groups is 1. The minimum absolute atomic E-state index is 0.0894. The fourth-order valence-electron chi connectivity index (χ4n) is 4.47. The molecular weight excluding hydrogens is 466 g/mol. The number of aromatic nitrogens is 1. The number of unbranched alkanes of at least 4 members (excludes halogenated alkanes) is 2. The van der Waals surface area contributed by atoms with Crippen molar-refractivity contribution in [3.8, 4) is 5.75 Å². The van der Waals surface area contributed by atoms with E-state index >= 15 is 0 Å². The predicted octanol–water partition coefficient (Wildman–Crippen LogP) is 3.98. The molecule has 0 saturated carbocycles. The molecule has 0 radical (unpaired) electrons. The van der Waals surface area contributed by atoms with Gasteiger partial charge in [-0.2, -0.15) is 0 Å². The Kier molecular flexibility index (Phi) is 10.5. The van der Waals surface area contributed by atoms with E-state index in [2.05, 4.69) is 45.5 Å². The summed E-state index contributed by atoms with van der Waals surface area (Å²) in [6.45, 7) is 4.70. The molecule has 0 saturated heterocycles. The zero-order chi connectivity index (χ0) is 25.7. The molecule has 2 aromatic carbocycles. The molecule has 1 aliphatic heterocycles. The average molecular weight is 504 g/mol. The first-order chi connectivity index (χ1) is 18.2. The number of hydrogen-bond donors (Lipinski definition) is 2. The molecule has 7 heteroatoms. The summed E-state index contributed by atoms with van der Waals surface area (Å²) in [6.07, 6.45) is 5.01. The van der Waals surface area contributed by atoms with Crippen molar-refractivity contribution in [2.24, 2.45) is 0 Å². The van der Waals surface area contributed by atoms with Gasteiger partial charge in [0.15, 0.2) is 0 Å². The molecule has 2 heterocycles. The topological polar surface area (TPSA) is 83.9 Å². The van der Waals surface area contributed by atoms with E-state index in [9.17, 15) is 4.79 Å². The molecular formula is C30H37N3O4. The Morgan fingerprint density at radius 1 is 0.973 bits per heavy atom. The van der Waals surface area contributed by atoms with Crippen molar-refractivity contribution in [3.05, 3.63) is 94.8 Å². The summed E-state index contributed by atoms with van der Waals surface area (Å²) >= 11 is 0. The van der Waals surface area contributed by atoms with Crippen LogP contribution >= 0.6 is 0 Å². The zero-order valence-corrected chi connectivity index (χ0v) is 21.4. The number of nitrogens with zero attached hydrogens (tertiary/aromatic N) is 2. The van der Waals surface area contributed by atoms with Crippen LogP contribution in [0.5, 0.6) is 5.75 Å². The van der Waals surface area contributed by atoms with Crippen molar-refractivity contribution < 1.29 is 19.4 Å². The molecule has 0 unspecified atom stereocenters. The Morgan fingerprint density at radius 2 is 1.89 bits per heavy atom. The number of hydrogen-bond acceptors (Lipinski definition) is 6. The number of nitrogens with one attached hydrogen (secondary N) is 1. The lowest BCUT2D eigenvalue weighted by atomic mass is 9.99. The third-order valence-electron chi connectivity index (χ3n) is 6.38. The molecule has 0 atom stereocenters. The van der Waals surface area contributed by atoms with Gasteiger partial charge in [-0.25, -0.2) is 0 Å². The van der Waals surface area contributed by atoms with Crippen LogP contribution in [-0.2, 0) is 24.2 Å². The summed E-state index contributed by atoms with van der Waals surface area (Å²) in [6, 6.07) is 20.2. The van der Waals surface area contributed by atoms with Gasteiger partial charge in [0.2, 0.25) is 0 Å². The molecule has 1 aromatic heterocycles. The molecule has 3 aromatic rings. The first-order valence-electron chi connectivity index (χ1n) is 13.1. The summed E-state index contributed by atoms with van der Waals surface area (Å²) in [5, 5.41) is 11.9. The SMILES string of the molecule is O=C(NCCCCCO)c1ccc2c(c1)Cc1cccc(c1)CN(Cc1ccccn1)CCOCCO2. The highest BCUT2D eigenvalue weighted by atomic mass is 16.5. The number of carbonyl (C=O) groups is 1. The van der Waals surface area contributed by atoms with E-state index in [1.54, 1.807) is 0 Å². The van der Waals surface area contributed by atoms with Gasteiger partial charge in [0.25, 0.3) is 5.91 Å². The van der Waals surface area contributed by atoms with E-state index in [-0.39, 0.29) is 12.5 Å². The normalized spacial score (nSPS) is 14.7. The van der Waals surface area contributed by atoms with E-state index in [1.165, 1.54) is 11.1 Å². The summed E-state index contributed by atoms with van der Waals surface area (Å²) < 4.78 is 12.0. The van der Waals surface area contributed by atoms with Crippen LogP contribution < -0.4 is 10.1 Å². The maximum Gasteiger partial charge on any atom is 0.251 e. The molecule has 0 fully saturated rings. The number of carbonyl (C=O) groups excluding carboxylic acids is 1.